The Bertz CT molecular complexity index is 663. The van der Waals surface area contributed by atoms with Gasteiger partial charge in [0, 0.05) is 28.7 Å². The standard InChI is InChI=1S/C12H10N5/c1-2-4-11-9(3-1)10(12-13-15-16-14-12)7-17(11)8-5-6-8/h2-4,7-8H,5-6H2,(H,13,14,15,16). The maximum atomic E-state index is 3.99. The Morgan fingerprint density at radius 3 is 3.12 bits per heavy atom. The van der Waals surface area contributed by atoms with E-state index in [9.17, 15) is 0 Å². The van der Waals surface area contributed by atoms with Crippen molar-refractivity contribution in [2.45, 2.75) is 18.9 Å². The van der Waals surface area contributed by atoms with Gasteiger partial charge in [-0.2, -0.15) is 0 Å². The number of hydrogen-bond donors (Lipinski definition) is 1. The number of aromatic amines is 1. The number of hydrogen-bond acceptors (Lipinski definition) is 3. The first kappa shape index (κ1) is 8.92. The molecule has 3 aromatic rings. The summed E-state index contributed by atoms with van der Waals surface area (Å²) in [5, 5.41) is 15.2. The van der Waals surface area contributed by atoms with Crippen molar-refractivity contribution < 1.29 is 0 Å². The van der Waals surface area contributed by atoms with Gasteiger partial charge >= 0.3 is 0 Å². The molecule has 1 fully saturated rings. The number of fused-ring (bicyclic) bond motifs is 1. The first-order valence-electron chi connectivity index (χ1n) is 5.68. The molecule has 4 rings (SSSR count). The lowest BCUT2D eigenvalue weighted by Crippen LogP contribution is -1.89. The van der Waals surface area contributed by atoms with Crippen molar-refractivity contribution in [2.75, 3.05) is 0 Å². The summed E-state index contributed by atoms with van der Waals surface area (Å²) in [6.07, 6.45) is 4.66. The first-order valence-corrected chi connectivity index (χ1v) is 5.68. The molecule has 83 valence electrons. The molecular formula is C12H10N5. The summed E-state index contributed by atoms with van der Waals surface area (Å²) in [6.45, 7) is 0. The zero-order valence-electron chi connectivity index (χ0n) is 9.09. The molecule has 0 atom stereocenters. The summed E-state index contributed by atoms with van der Waals surface area (Å²) in [4.78, 5) is 0. The topological polar surface area (TPSA) is 59.4 Å². The fourth-order valence-electron chi connectivity index (χ4n) is 2.26. The minimum Gasteiger partial charge on any atom is -0.344 e. The minimum absolute atomic E-state index is 0.643. The molecule has 1 aliphatic carbocycles. The molecule has 1 aromatic carbocycles. The molecular weight excluding hydrogens is 214 g/mol. The Morgan fingerprint density at radius 2 is 2.35 bits per heavy atom. The second-order valence-electron chi connectivity index (χ2n) is 4.37. The highest BCUT2D eigenvalue weighted by Gasteiger charge is 2.26. The van der Waals surface area contributed by atoms with Crippen LogP contribution in [0.2, 0.25) is 0 Å². The molecule has 0 unspecified atom stereocenters. The largest absolute Gasteiger partial charge is 0.344 e. The van der Waals surface area contributed by atoms with Crippen LogP contribution in [0.5, 0.6) is 0 Å². The van der Waals surface area contributed by atoms with E-state index in [4.69, 9.17) is 0 Å². The molecule has 1 aliphatic rings. The van der Waals surface area contributed by atoms with E-state index in [2.05, 4.69) is 43.5 Å². The molecule has 2 heterocycles. The molecule has 0 amide bonds. The number of rotatable bonds is 2. The number of H-pyrrole nitrogens is 1. The molecule has 1 N–H and O–H groups in total. The van der Waals surface area contributed by atoms with Gasteiger partial charge in [-0.25, -0.2) is 5.10 Å². The van der Waals surface area contributed by atoms with Crippen LogP contribution >= 0.6 is 0 Å². The molecule has 17 heavy (non-hydrogen) atoms. The van der Waals surface area contributed by atoms with Crippen LogP contribution in [0.25, 0.3) is 22.3 Å². The molecule has 1 saturated carbocycles. The number of nitrogens with zero attached hydrogens (tertiary/aromatic N) is 4. The molecule has 0 spiro atoms. The second kappa shape index (κ2) is 3.16. The van der Waals surface area contributed by atoms with Crippen molar-refractivity contribution in [1.82, 2.24) is 25.2 Å². The Kier molecular flexibility index (Phi) is 1.66. The van der Waals surface area contributed by atoms with Crippen LogP contribution in [0.4, 0.5) is 0 Å². The van der Waals surface area contributed by atoms with Gasteiger partial charge in [-0.3, -0.25) is 0 Å². The van der Waals surface area contributed by atoms with Gasteiger partial charge in [0.1, 0.15) is 0 Å². The molecule has 1 radical (unpaired) electrons. The van der Waals surface area contributed by atoms with Crippen molar-refractivity contribution in [3.05, 3.63) is 30.5 Å². The summed E-state index contributed by atoms with van der Waals surface area (Å²) >= 11 is 0. The summed E-state index contributed by atoms with van der Waals surface area (Å²) < 4.78 is 2.32. The lowest BCUT2D eigenvalue weighted by molar-refractivity contribution is 0.776. The van der Waals surface area contributed by atoms with E-state index in [1.165, 1.54) is 18.4 Å². The summed E-state index contributed by atoms with van der Waals surface area (Å²) in [5.41, 5.74) is 2.28. The highest BCUT2D eigenvalue weighted by Crippen LogP contribution is 2.40. The number of nitrogens with one attached hydrogen (secondary N) is 1. The third kappa shape index (κ3) is 1.28. The lowest BCUT2D eigenvalue weighted by atomic mass is 10.2. The molecule has 0 aliphatic heterocycles. The lowest BCUT2D eigenvalue weighted by Gasteiger charge is -2.00. The highest BCUT2D eigenvalue weighted by molar-refractivity contribution is 5.94. The average Bonchev–Trinajstić information content (AvgIpc) is 2.93. The van der Waals surface area contributed by atoms with Gasteiger partial charge in [-0.15, -0.1) is 5.10 Å². The van der Waals surface area contributed by atoms with Crippen LogP contribution in [-0.4, -0.2) is 25.2 Å². The van der Waals surface area contributed by atoms with Crippen molar-refractivity contribution in [3.8, 4) is 11.4 Å². The van der Waals surface area contributed by atoms with Crippen LogP contribution in [0, 0.1) is 6.07 Å². The smallest absolute Gasteiger partial charge is 0.181 e. The average molecular weight is 224 g/mol. The fourth-order valence-corrected chi connectivity index (χ4v) is 2.26. The van der Waals surface area contributed by atoms with Crippen molar-refractivity contribution in [1.29, 1.82) is 0 Å². The predicted octanol–water partition coefficient (Wildman–Crippen LogP) is 1.96. The maximum absolute atomic E-state index is 3.99. The quantitative estimate of drug-likeness (QED) is 0.723. The van der Waals surface area contributed by atoms with Crippen molar-refractivity contribution in [3.63, 3.8) is 0 Å². The third-order valence-electron chi connectivity index (χ3n) is 3.22. The van der Waals surface area contributed by atoms with Crippen LogP contribution in [0.3, 0.4) is 0 Å². The van der Waals surface area contributed by atoms with Gasteiger partial charge in [0.15, 0.2) is 5.82 Å². The van der Waals surface area contributed by atoms with E-state index in [0.29, 0.717) is 11.9 Å². The van der Waals surface area contributed by atoms with E-state index in [1.54, 1.807) is 0 Å². The van der Waals surface area contributed by atoms with E-state index >= 15 is 0 Å². The summed E-state index contributed by atoms with van der Waals surface area (Å²) in [5.74, 6) is 0.717. The van der Waals surface area contributed by atoms with E-state index in [1.807, 2.05) is 12.1 Å². The molecule has 0 saturated heterocycles. The molecule has 5 nitrogen and oxygen atoms in total. The SMILES string of the molecule is [c]1ccc2c(c1)c(-c1nnn[nH]1)cn2C1CC1. The Hall–Kier alpha value is -2.17. The molecule has 5 heteroatoms. The zero-order valence-corrected chi connectivity index (χ0v) is 9.09. The van der Waals surface area contributed by atoms with Crippen LogP contribution in [-0.2, 0) is 0 Å². The maximum Gasteiger partial charge on any atom is 0.181 e. The molecule has 2 aromatic heterocycles. The van der Waals surface area contributed by atoms with Crippen LogP contribution < -0.4 is 0 Å². The summed E-state index contributed by atoms with van der Waals surface area (Å²) in [7, 11) is 0. The van der Waals surface area contributed by atoms with Crippen LogP contribution in [0.1, 0.15) is 18.9 Å². The third-order valence-corrected chi connectivity index (χ3v) is 3.22. The van der Waals surface area contributed by atoms with E-state index in [-0.39, 0.29) is 0 Å². The van der Waals surface area contributed by atoms with Gasteiger partial charge in [0.2, 0.25) is 0 Å². The zero-order chi connectivity index (χ0) is 11.2. The fraction of sp³-hybridized carbons (Fsp3) is 0.250. The van der Waals surface area contributed by atoms with Gasteiger partial charge in [-0.1, -0.05) is 6.07 Å². The Balaban J connectivity index is 2.03. The second-order valence-corrected chi connectivity index (χ2v) is 4.37. The number of tetrazole rings is 1. The molecule has 0 bridgehead atoms. The van der Waals surface area contributed by atoms with Gasteiger partial charge in [-0.05, 0) is 41.5 Å². The Morgan fingerprint density at radius 1 is 1.41 bits per heavy atom. The van der Waals surface area contributed by atoms with E-state index in [0.717, 1.165) is 10.9 Å². The number of benzene rings is 1. The van der Waals surface area contributed by atoms with Crippen molar-refractivity contribution in [2.24, 2.45) is 0 Å². The monoisotopic (exact) mass is 224 g/mol. The summed E-state index contributed by atoms with van der Waals surface area (Å²) in [6, 6.07) is 9.80. The normalized spacial score (nSPS) is 15.5. The van der Waals surface area contributed by atoms with Gasteiger partial charge in [0.25, 0.3) is 0 Å². The minimum atomic E-state index is 0.643. The van der Waals surface area contributed by atoms with Crippen molar-refractivity contribution >= 4 is 10.9 Å². The Labute approximate surface area is 97.5 Å². The first-order chi connectivity index (χ1) is 8.43. The highest BCUT2D eigenvalue weighted by atomic mass is 15.5. The van der Waals surface area contributed by atoms with Gasteiger partial charge in [0.05, 0.1) is 0 Å². The predicted molar refractivity (Wildman–Crippen MR) is 62.2 cm³/mol. The number of aromatic nitrogens is 5. The van der Waals surface area contributed by atoms with Crippen LogP contribution in [0.15, 0.2) is 24.4 Å². The van der Waals surface area contributed by atoms with E-state index < -0.39 is 0 Å². The van der Waals surface area contributed by atoms with Gasteiger partial charge < -0.3 is 4.57 Å².